The Morgan fingerprint density at radius 1 is 1.43 bits per heavy atom. The fourth-order valence-corrected chi connectivity index (χ4v) is 1.73. The second-order valence-corrected chi connectivity index (χ2v) is 4.40. The van der Waals surface area contributed by atoms with Crippen molar-refractivity contribution in [2.75, 3.05) is 12.4 Å². The van der Waals surface area contributed by atoms with Crippen molar-refractivity contribution in [2.24, 2.45) is 7.05 Å². The smallest absolute Gasteiger partial charge is 0.401 e. The second-order valence-electron chi connectivity index (χ2n) is 4.40. The van der Waals surface area contributed by atoms with Gasteiger partial charge in [-0.05, 0) is 12.1 Å². The lowest BCUT2D eigenvalue weighted by Gasteiger charge is -2.01. The van der Waals surface area contributed by atoms with Crippen LogP contribution in [-0.2, 0) is 11.8 Å². The van der Waals surface area contributed by atoms with Crippen LogP contribution < -0.4 is 10.6 Å². The predicted molar refractivity (Wildman–Crippen MR) is 79.6 cm³/mol. The number of rotatable bonds is 5. The molecule has 0 saturated heterocycles. The van der Waals surface area contributed by atoms with Crippen LogP contribution in [0.25, 0.3) is 6.08 Å². The molecular weight excluding hydrogens is 306 g/mol. The van der Waals surface area contributed by atoms with E-state index in [0.717, 1.165) is 6.08 Å². The molecule has 0 aromatic carbocycles. The Labute approximate surface area is 129 Å². The van der Waals surface area contributed by atoms with Gasteiger partial charge < -0.3 is 15.1 Å². The van der Waals surface area contributed by atoms with Crippen LogP contribution >= 0.6 is 0 Å². The van der Waals surface area contributed by atoms with Crippen molar-refractivity contribution in [3.63, 3.8) is 0 Å². The van der Waals surface area contributed by atoms with Gasteiger partial charge in [-0.3, -0.25) is 24.4 Å². The third-order valence-electron chi connectivity index (χ3n) is 2.72. The quantitative estimate of drug-likeness (QED) is 0.478. The lowest BCUT2D eigenvalue weighted by Crippen LogP contribution is -2.21. The molecule has 0 atom stereocenters. The van der Waals surface area contributed by atoms with E-state index in [2.05, 4.69) is 15.7 Å². The molecule has 2 aromatic rings. The Hall–Kier alpha value is -3.43. The summed E-state index contributed by atoms with van der Waals surface area (Å²) in [4.78, 5) is 33.3. The van der Waals surface area contributed by atoms with E-state index in [-0.39, 0.29) is 17.1 Å². The first-order chi connectivity index (χ1) is 10.9. The number of carbonyl (C=O) groups is 2. The fourth-order valence-electron chi connectivity index (χ4n) is 1.73. The van der Waals surface area contributed by atoms with Crippen LogP contribution in [0, 0.1) is 10.1 Å². The maximum absolute atomic E-state index is 11.9. The minimum Gasteiger partial charge on any atom is -0.401 e. The highest BCUT2D eigenvalue weighted by atomic mass is 16.6. The molecule has 23 heavy (non-hydrogen) atoms. The number of carbonyl (C=O) groups excluding carboxylic acids is 2. The molecule has 0 saturated carbocycles. The van der Waals surface area contributed by atoms with E-state index >= 15 is 0 Å². The van der Waals surface area contributed by atoms with E-state index < -0.39 is 22.6 Å². The largest absolute Gasteiger partial charge is 0.433 e. The number of aryl methyl sites for hydroxylation is 1. The zero-order valence-corrected chi connectivity index (χ0v) is 12.3. The van der Waals surface area contributed by atoms with E-state index in [0.29, 0.717) is 0 Å². The molecule has 10 heteroatoms. The molecule has 0 radical (unpaired) electrons. The van der Waals surface area contributed by atoms with Gasteiger partial charge in [0.25, 0.3) is 5.91 Å². The number of furan rings is 1. The summed E-state index contributed by atoms with van der Waals surface area (Å²) < 4.78 is 6.27. The van der Waals surface area contributed by atoms with Gasteiger partial charge in [-0.2, -0.15) is 5.10 Å². The molecule has 0 spiro atoms. The van der Waals surface area contributed by atoms with Gasteiger partial charge in [0.2, 0.25) is 5.91 Å². The number of nitrogens with zero attached hydrogens (tertiary/aromatic N) is 3. The van der Waals surface area contributed by atoms with Crippen LogP contribution in [0.15, 0.2) is 28.8 Å². The second kappa shape index (κ2) is 6.56. The Kier molecular flexibility index (Phi) is 4.55. The predicted octanol–water partition coefficient (Wildman–Crippen LogP) is 0.933. The summed E-state index contributed by atoms with van der Waals surface area (Å²) >= 11 is 0. The summed E-state index contributed by atoms with van der Waals surface area (Å²) in [5.41, 5.74) is 0.317. The molecule has 2 N–H and O–H groups in total. The van der Waals surface area contributed by atoms with Crippen molar-refractivity contribution < 1.29 is 18.9 Å². The highest BCUT2D eigenvalue weighted by Crippen LogP contribution is 2.17. The SMILES string of the molecule is CNC(=O)c1nn(C)cc1NC(=O)/C=C/c1ccc([N+](=O)[O-])o1. The summed E-state index contributed by atoms with van der Waals surface area (Å²) in [6.07, 6.45) is 3.88. The van der Waals surface area contributed by atoms with Gasteiger partial charge in [-0.1, -0.05) is 0 Å². The lowest BCUT2D eigenvalue weighted by atomic mass is 10.3. The summed E-state index contributed by atoms with van der Waals surface area (Å²) in [5.74, 6) is -1.24. The van der Waals surface area contributed by atoms with Crippen molar-refractivity contribution >= 4 is 29.5 Å². The normalized spacial score (nSPS) is 10.7. The molecular formula is C13H13N5O5. The highest BCUT2D eigenvalue weighted by Gasteiger charge is 2.16. The Morgan fingerprint density at radius 2 is 2.17 bits per heavy atom. The number of anilines is 1. The van der Waals surface area contributed by atoms with Crippen molar-refractivity contribution in [2.45, 2.75) is 0 Å². The number of amides is 2. The number of hydrogen-bond donors (Lipinski definition) is 2. The zero-order chi connectivity index (χ0) is 17.0. The average Bonchev–Trinajstić information content (AvgIpc) is 3.11. The van der Waals surface area contributed by atoms with Gasteiger partial charge in [-0.15, -0.1) is 0 Å². The van der Waals surface area contributed by atoms with Gasteiger partial charge in [-0.25, -0.2) is 0 Å². The van der Waals surface area contributed by atoms with E-state index in [9.17, 15) is 19.7 Å². The summed E-state index contributed by atoms with van der Waals surface area (Å²) in [5, 5.41) is 19.4. The monoisotopic (exact) mass is 319 g/mol. The molecule has 0 bridgehead atoms. The third kappa shape index (κ3) is 3.81. The molecule has 2 heterocycles. The minimum absolute atomic E-state index is 0.0744. The average molecular weight is 319 g/mol. The Balaban J connectivity index is 2.08. The minimum atomic E-state index is -0.678. The van der Waals surface area contributed by atoms with Crippen molar-refractivity contribution in [3.8, 4) is 0 Å². The van der Waals surface area contributed by atoms with Gasteiger partial charge >= 0.3 is 5.88 Å². The number of hydrogen-bond acceptors (Lipinski definition) is 6. The number of nitrogens with one attached hydrogen (secondary N) is 2. The molecule has 2 amide bonds. The first-order valence-corrected chi connectivity index (χ1v) is 6.39. The molecule has 0 fully saturated rings. The van der Waals surface area contributed by atoms with Gasteiger partial charge in [0.1, 0.15) is 10.7 Å². The molecule has 10 nitrogen and oxygen atoms in total. The van der Waals surface area contributed by atoms with Crippen LogP contribution in [0.5, 0.6) is 0 Å². The maximum atomic E-state index is 11.9. The Bertz CT molecular complexity index is 789. The topological polar surface area (TPSA) is 132 Å². The molecule has 0 aliphatic carbocycles. The van der Waals surface area contributed by atoms with Gasteiger partial charge in [0.05, 0.1) is 11.8 Å². The number of nitro groups is 1. The van der Waals surface area contributed by atoms with E-state index in [1.165, 1.54) is 36.1 Å². The molecule has 2 rings (SSSR count). The van der Waals surface area contributed by atoms with Crippen molar-refractivity contribution in [1.82, 2.24) is 15.1 Å². The fraction of sp³-hybridized carbons (Fsp3) is 0.154. The first-order valence-electron chi connectivity index (χ1n) is 6.39. The van der Waals surface area contributed by atoms with Gasteiger partial charge in [0, 0.05) is 26.4 Å². The first kappa shape index (κ1) is 15.9. The van der Waals surface area contributed by atoms with Crippen LogP contribution in [0.4, 0.5) is 11.6 Å². The van der Waals surface area contributed by atoms with E-state index in [1.54, 1.807) is 7.05 Å². The van der Waals surface area contributed by atoms with Crippen molar-refractivity contribution in [1.29, 1.82) is 0 Å². The van der Waals surface area contributed by atoms with E-state index in [4.69, 9.17) is 4.42 Å². The maximum Gasteiger partial charge on any atom is 0.433 e. The molecule has 0 unspecified atom stereocenters. The number of aromatic nitrogens is 2. The third-order valence-corrected chi connectivity index (χ3v) is 2.72. The standard InChI is InChI=1S/C13H13N5O5/c1-14-13(20)12-9(7-17(2)16-12)15-10(19)5-3-8-4-6-11(23-8)18(21)22/h3-7H,1-2H3,(H,14,20)(H,15,19)/b5-3+. The zero-order valence-electron chi connectivity index (χ0n) is 12.3. The van der Waals surface area contributed by atoms with E-state index in [1.807, 2.05) is 0 Å². The van der Waals surface area contributed by atoms with Crippen LogP contribution in [-0.4, -0.2) is 33.6 Å². The van der Waals surface area contributed by atoms with Crippen LogP contribution in [0.3, 0.4) is 0 Å². The highest BCUT2D eigenvalue weighted by molar-refractivity contribution is 6.06. The van der Waals surface area contributed by atoms with Crippen molar-refractivity contribution in [3.05, 3.63) is 46.0 Å². The summed E-state index contributed by atoms with van der Waals surface area (Å²) in [7, 11) is 3.06. The Morgan fingerprint density at radius 3 is 2.78 bits per heavy atom. The molecule has 0 aliphatic rings. The molecule has 2 aromatic heterocycles. The van der Waals surface area contributed by atoms with Crippen LogP contribution in [0.2, 0.25) is 0 Å². The molecule has 0 aliphatic heterocycles. The van der Waals surface area contributed by atoms with Crippen LogP contribution in [0.1, 0.15) is 16.2 Å². The lowest BCUT2D eigenvalue weighted by molar-refractivity contribution is -0.402. The summed E-state index contributed by atoms with van der Waals surface area (Å²) in [6.45, 7) is 0. The summed E-state index contributed by atoms with van der Waals surface area (Å²) in [6, 6.07) is 2.55. The molecule has 120 valence electrons. The van der Waals surface area contributed by atoms with Gasteiger partial charge in [0.15, 0.2) is 5.69 Å².